The fourth-order valence-corrected chi connectivity index (χ4v) is 0.598. The maximum Gasteiger partial charge on any atom is 0.154 e. The van der Waals surface area contributed by atoms with E-state index >= 15 is 0 Å². The van der Waals surface area contributed by atoms with Crippen molar-refractivity contribution >= 4 is 17.4 Å². The minimum absolute atomic E-state index is 0.133. The lowest BCUT2D eigenvalue weighted by Gasteiger charge is -2.09. The van der Waals surface area contributed by atoms with Crippen molar-refractivity contribution < 1.29 is 9.47 Å². The average Bonchev–Trinajstić information content (AvgIpc) is 2.04. The maximum atomic E-state index is 5.19. The van der Waals surface area contributed by atoms with Gasteiger partial charge in [0.05, 0.1) is 18.3 Å². The van der Waals surface area contributed by atoms with Crippen molar-refractivity contribution in [3.05, 3.63) is 0 Å². The van der Waals surface area contributed by atoms with E-state index in [1.807, 2.05) is 6.92 Å². The molecule has 4 heteroatoms. The zero-order valence-electron chi connectivity index (χ0n) is 6.87. The largest absolute Gasteiger partial charge is 0.356 e. The van der Waals surface area contributed by atoms with Crippen LogP contribution in [0.15, 0.2) is 4.99 Å². The Balaban J connectivity index is 3.07. The number of hydrogen-bond donors (Lipinski definition) is 0. The van der Waals surface area contributed by atoms with E-state index in [1.165, 1.54) is 0 Å². The Morgan fingerprint density at radius 2 is 2.36 bits per heavy atom. The van der Waals surface area contributed by atoms with E-state index < -0.39 is 0 Å². The molecule has 1 atom stereocenters. The molecule has 0 N–H and O–H groups in total. The van der Waals surface area contributed by atoms with Gasteiger partial charge in [0, 0.05) is 7.11 Å². The third-order valence-corrected chi connectivity index (χ3v) is 1.29. The zero-order valence-corrected chi connectivity index (χ0v) is 7.69. The molecular formula is C7H13NO2S. The molecule has 0 heterocycles. The quantitative estimate of drug-likeness (QED) is 0.265. The Morgan fingerprint density at radius 3 is 2.91 bits per heavy atom. The molecule has 0 aliphatic carbocycles. The summed E-state index contributed by atoms with van der Waals surface area (Å²) in [6, 6.07) is 0. The predicted octanol–water partition coefficient (Wildman–Crippen LogP) is 1.49. The van der Waals surface area contributed by atoms with Gasteiger partial charge < -0.3 is 9.47 Å². The van der Waals surface area contributed by atoms with Crippen LogP contribution in [0.4, 0.5) is 0 Å². The van der Waals surface area contributed by atoms with E-state index in [-0.39, 0.29) is 6.29 Å². The Hall–Kier alpha value is -0.280. The molecule has 64 valence electrons. The highest BCUT2D eigenvalue weighted by atomic mass is 32.1. The summed E-state index contributed by atoms with van der Waals surface area (Å²) >= 11 is 4.39. The smallest absolute Gasteiger partial charge is 0.154 e. The van der Waals surface area contributed by atoms with Crippen molar-refractivity contribution in [3.63, 3.8) is 0 Å². The molecule has 0 saturated heterocycles. The van der Waals surface area contributed by atoms with Gasteiger partial charge in [0.15, 0.2) is 6.29 Å². The molecule has 1 unspecified atom stereocenters. The Labute approximate surface area is 72.4 Å². The van der Waals surface area contributed by atoms with Crippen molar-refractivity contribution in [2.75, 3.05) is 20.3 Å². The summed E-state index contributed by atoms with van der Waals surface area (Å²) in [6.07, 6.45) is 0.726. The van der Waals surface area contributed by atoms with Crippen LogP contribution in [0.25, 0.3) is 0 Å². The van der Waals surface area contributed by atoms with Crippen LogP contribution >= 0.6 is 12.2 Å². The first kappa shape index (κ1) is 10.7. The standard InChI is InChI=1S/C7H13NO2S/c1-7(9-2)10-5-3-4-8-6-11/h7H,3-5H2,1-2H3. The Bertz CT molecular complexity index is 134. The van der Waals surface area contributed by atoms with Crippen molar-refractivity contribution in [1.82, 2.24) is 0 Å². The third kappa shape index (κ3) is 7.62. The lowest BCUT2D eigenvalue weighted by Crippen LogP contribution is -2.11. The molecule has 0 aromatic heterocycles. The van der Waals surface area contributed by atoms with Gasteiger partial charge in [-0.05, 0) is 25.6 Å². The Kier molecular flexibility index (Phi) is 7.62. The topological polar surface area (TPSA) is 30.8 Å². The van der Waals surface area contributed by atoms with Gasteiger partial charge in [-0.1, -0.05) is 0 Å². The number of thiocarbonyl (C=S) groups is 1. The van der Waals surface area contributed by atoms with E-state index in [9.17, 15) is 0 Å². The summed E-state index contributed by atoms with van der Waals surface area (Å²) in [5.74, 6) is 0. The van der Waals surface area contributed by atoms with Gasteiger partial charge in [-0.2, -0.15) is 0 Å². The van der Waals surface area contributed by atoms with Crippen molar-refractivity contribution in [1.29, 1.82) is 0 Å². The normalized spacial score (nSPS) is 12.2. The van der Waals surface area contributed by atoms with Crippen LogP contribution in [0.2, 0.25) is 0 Å². The first-order chi connectivity index (χ1) is 5.31. The van der Waals surface area contributed by atoms with Crippen molar-refractivity contribution in [2.45, 2.75) is 19.6 Å². The van der Waals surface area contributed by atoms with Crippen LogP contribution < -0.4 is 0 Å². The molecular weight excluding hydrogens is 162 g/mol. The number of rotatable bonds is 6. The van der Waals surface area contributed by atoms with E-state index in [0.29, 0.717) is 13.2 Å². The summed E-state index contributed by atoms with van der Waals surface area (Å²) in [6.45, 7) is 3.18. The summed E-state index contributed by atoms with van der Waals surface area (Å²) in [4.78, 5) is 3.74. The molecule has 0 aliphatic heterocycles. The SMILES string of the molecule is COC(C)OCCCN=C=S. The number of aliphatic imine (C=N–C) groups is 1. The van der Waals surface area contributed by atoms with Gasteiger partial charge in [0.2, 0.25) is 0 Å². The summed E-state index contributed by atoms with van der Waals surface area (Å²) < 4.78 is 10.1. The zero-order chi connectivity index (χ0) is 8.53. The van der Waals surface area contributed by atoms with Crippen LogP contribution in [-0.2, 0) is 9.47 Å². The van der Waals surface area contributed by atoms with Crippen LogP contribution in [-0.4, -0.2) is 31.7 Å². The number of methoxy groups -OCH3 is 1. The van der Waals surface area contributed by atoms with Crippen molar-refractivity contribution in [2.24, 2.45) is 4.99 Å². The molecule has 0 fully saturated rings. The van der Waals surface area contributed by atoms with E-state index in [2.05, 4.69) is 22.4 Å². The first-order valence-electron chi connectivity index (χ1n) is 3.49. The average molecular weight is 175 g/mol. The number of ether oxygens (including phenoxy) is 2. The number of isothiocyanates is 1. The molecule has 0 amide bonds. The molecule has 0 aliphatic rings. The lowest BCUT2D eigenvalue weighted by atomic mass is 10.5. The van der Waals surface area contributed by atoms with E-state index in [1.54, 1.807) is 7.11 Å². The molecule has 0 rings (SSSR count). The highest BCUT2D eigenvalue weighted by Crippen LogP contribution is 1.92. The summed E-state index contributed by atoms with van der Waals surface area (Å²) in [5, 5.41) is 2.29. The second-order valence-corrected chi connectivity index (χ2v) is 2.18. The summed E-state index contributed by atoms with van der Waals surface area (Å²) in [5.41, 5.74) is 0. The minimum Gasteiger partial charge on any atom is -0.356 e. The fourth-order valence-electron chi connectivity index (χ4n) is 0.507. The number of nitrogens with zero attached hydrogens (tertiary/aromatic N) is 1. The lowest BCUT2D eigenvalue weighted by molar-refractivity contribution is -0.110. The highest BCUT2D eigenvalue weighted by Gasteiger charge is 1.95. The van der Waals surface area contributed by atoms with Gasteiger partial charge in [0.25, 0.3) is 0 Å². The monoisotopic (exact) mass is 175 g/mol. The van der Waals surface area contributed by atoms with E-state index in [0.717, 1.165) is 6.42 Å². The van der Waals surface area contributed by atoms with E-state index in [4.69, 9.17) is 9.47 Å². The number of hydrogen-bond acceptors (Lipinski definition) is 4. The minimum atomic E-state index is -0.133. The second kappa shape index (κ2) is 7.82. The van der Waals surface area contributed by atoms with Crippen LogP contribution in [0.1, 0.15) is 13.3 Å². The van der Waals surface area contributed by atoms with Crippen LogP contribution in [0.3, 0.4) is 0 Å². The van der Waals surface area contributed by atoms with Crippen LogP contribution in [0, 0.1) is 0 Å². The second-order valence-electron chi connectivity index (χ2n) is 2.00. The van der Waals surface area contributed by atoms with Crippen molar-refractivity contribution in [3.8, 4) is 0 Å². The molecule has 0 aromatic carbocycles. The van der Waals surface area contributed by atoms with Gasteiger partial charge in [-0.25, -0.2) is 4.99 Å². The molecule has 11 heavy (non-hydrogen) atoms. The third-order valence-electron chi connectivity index (χ3n) is 1.16. The fraction of sp³-hybridized carbons (Fsp3) is 0.857. The molecule has 3 nitrogen and oxygen atoms in total. The van der Waals surface area contributed by atoms with Gasteiger partial charge in [-0.15, -0.1) is 0 Å². The Morgan fingerprint density at radius 1 is 1.64 bits per heavy atom. The maximum absolute atomic E-state index is 5.19. The van der Waals surface area contributed by atoms with Gasteiger partial charge in [0.1, 0.15) is 0 Å². The van der Waals surface area contributed by atoms with Gasteiger partial charge in [-0.3, -0.25) is 0 Å². The highest BCUT2D eigenvalue weighted by molar-refractivity contribution is 7.78. The first-order valence-corrected chi connectivity index (χ1v) is 3.90. The summed E-state index contributed by atoms with van der Waals surface area (Å²) in [7, 11) is 1.61. The molecule has 0 radical (unpaired) electrons. The van der Waals surface area contributed by atoms with Gasteiger partial charge >= 0.3 is 0 Å². The molecule has 0 bridgehead atoms. The molecule has 0 saturated carbocycles. The molecule has 0 spiro atoms. The predicted molar refractivity (Wildman–Crippen MR) is 46.9 cm³/mol. The molecule has 0 aromatic rings. The van der Waals surface area contributed by atoms with Crippen LogP contribution in [0.5, 0.6) is 0 Å².